The van der Waals surface area contributed by atoms with Gasteiger partial charge >= 0.3 is 0 Å². The molecule has 0 radical (unpaired) electrons. The minimum atomic E-state index is 0.428. The molecule has 4 aliphatic rings. The summed E-state index contributed by atoms with van der Waals surface area (Å²) in [4.78, 5) is 7.19. The Hall–Kier alpha value is -3.70. The first-order valence-corrected chi connectivity index (χ1v) is 26.6. The molecule has 3 atom stereocenters. The normalized spacial score (nSPS) is 20.6. The van der Waals surface area contributed by atoms with Gasteiger partial charge in [0.25, 0.3) is 0 Å². The van der Waals surface area contributed by atoms with Crippen molar-refractivity contribution in [3.05, 3.63) is 143 Å². The predicted molar refractivity (Wildman–Crippen MR) is 272 cm³/mol. The highest BCUT2D eigenvalue weighted by Gasteiger charge is 2.35. The highest BCUT2D eigenvalue weighted by Crippen LogP contribution is 2.49. The number of quaternary nitrogens is 1. The molecule has 2 nitrogen and oxygen atoms in total. The molecule has 0 saturated heterocycles. The lowest BCUT2D eigenvalue weighted by atomic mass is 9.77. The van der Waals surface area contributed by atoms with Crippen molar-refractivity contribution in [3.8, 4) is 22.3 Å². The van der Waals surface area contributed by atoms with Crippen LogP contribution in [0.1, 0.15) is 142 Å². The quantitative estimate of drug-likeness (QED) is 0.0788. The second-order valence-electron chi connectivity index (χ2n) is 18.5. The van der Waals surface area contributed by atoms with Crippen LogP contribution in [0.25, 0.3) is 22.3 Å². The Morgan fingerprint density at radius 1 is 0.597 bits per heavy atom. The maximum absolute atomic E-state index is 2.68. The number of thioether (sulfide) groups is 2. The van der Waals surface area contributed by atoms with Gasteiger partial charge in [-0.05, 0) is 126 Å². The Morgan fingerprint density at radius 3 is 1.87 bits per heavy atom. The lowest BCUT2D eigenvalue weighted by Crippen LogP contribution is -3.09. The van der Waals surface area contributed by atoms with Gasteiger partial charge in [-0.2, -0.15) is 0 Å². The molecule has 0 saturated carbocycles. The van der Waals surface area contributed by atoms with Crippen LogP contribution in [-0.2, 0) is 0 Å². The molecule has 0 bridgehead atoms. The number of allylic oxidation sites excluding steroid dienone is 6. The summed E-state index contributed by atoms with van der Waals surface area (Å²) in [7, 11) is 0. The molecule has 0 spiro atoms. The molecule has 62 heavy (non-hydrogen) atoms. The Kier molecular flexibility index (Phi) is 16.9. The van der Waals surface area contributed by atoms with E-state index in [0.29, 0.717) is 11.3 Å². The first kappa shape index (κ1) is 44.9. The average molecular weight is 862 g/mol. The molecule has 1 N–H and O–H groups in total. The van der Waals surface area contributed by atoms with Gasteiger partial charge in [0.2, 0.25) is 0 Å². The third-order valence-electron chi connectivity index (χ3n) is 13.8. The standard InChI is InChI=1S/C58H72N2S2/c1-3-5-7-9-11-13-15-23-37-59-53-35-33-50(47-25-19-17-20-26-47)43-55(53)61-57(59)41-45-29-31-49-32-30-46(40-52(49)39-45)42-58-60(38-24-16-14-12-10-8-6-4-2)54-36-34-51(44-56(54)62-58)48-27-21-18-22-28-48/h17-22,25-28,33-36,39-44,49,57H,3-16,23-24,29-32,37-38H2,1-2H3/p+1/b45-41+,58-42-. The largest absolute Gasteiger partial charge is 0.335 e. The van der Waals surface area contributed by atoms with Crippen LogP contribution in [0, 0.1) is 5.92 Å². The molecule has 2 heterocycles. The van der Waals surface area contributed by atoms with Crippen LogP contribution in [0.3, 0.4) is 0 Å². The minimum absolute atomic E-state index is 0.428. The molecule has 0 aromatic heterocycles. The fraction of sp³-hybridized carbons (Fsp3) is 0.448. The van der Waals surface area contributed by atoms with Gasteiger partial charge in [0.15, 0.2) is 5.37 Å². The van der Waals surface area contributed by atoms with Crippen molar-refractivity contribution >= 4 is 34.9 Å². The van der Waals surface area contributed by atoms with Crippen LogP contribution in [0.2, 0.25) is 0 Å². The van der Waals surface area contributed by atoms with Crippen molar-refractivity contribution in [3.63, 3.8) is 0 Å². The van der Waals surface area contributed by atoms with Crippen LogP contribution in [0.4, 0.5) is 11.4 Å². The zero-order valence-electron chi connectivity index (χ0n) is 38.0. The average Bonchev–Trinajstić information content (AvgIpc) is 3.83. The van der Waals surface area contributed by atoms with Crippen molar-refractivity contribution in [2.75, 3.05) is 18.0 Å². The summed E-state index contributed by atoms with van der Waals surface area (Å²) >= 11 is 4.10. The Balaban J connectivity index is 0.993. The lowest BCUT2D eigenvalue weighted by molar-refractivity contribution is -0.835. The molecule has 0 fully saturated rings. The van der Waals surface area contributed by atoms with Crippen molar-refractivity contribution in [2.24, 2.45) is 5.92 Å². The molecule has 8 rings (SSSR count). The van der Waals surface area contributed by atoms with E-state index >= 15 is 0 Å². The van der Waals surface area contributed by atoms with Gasteiger partial charge in [-0.15, -0.1) is 0 Å². The van der Waals surface area contributed by atoms with Crippen molar-refractivity contribution in [1.29, 1.82) is 0 Å². The van der Waals surface area contributed by atoms with Crippen molar-refractivity contribution < 1.29 is 4.90 Å². The molecule has 4 aromatic carbocycles. The van der Waals surface area contributed by atoms with E-state index in [1.54, 1.807) is 16.0 Å². The number of unbranched alkanes of at least 4 members (excludes halogenated alkanes) is 14. The van der Waals surface area contributed by atoms with E-state index in [2.05, 4.69) is 152 Å². The molecule has 2 aliphatic carbocycles. The topological polar surface area (TPSA) is 7.68 Å². The summed E-state index contributed by atoms with van der Waals surface area (Å²) < 4.78 is 0. The molecule has 3 unspecified atom stereocenters. The Bertz CT molecular complexity index is 2160. The van der Waals surface area contributed by atoms with Gasteiger partial charge in [0.05, 0.1) is 22.2 Å². The summed E-state index contributed by atoms with van der Waals surface area (Å²) in [5.41, 5.74) is 12.8. The number of rotatable bonds is 22. The number of hydrogen-bond donors (Lipinski definition) is 1. The van der Waals surface area contributed by atoms with Crippen molar-refractivity contribution in [2.45, 2.75) is 157 Å². The number of nitrogens with zero attached hydrogens (tertiary/aromatic N) is 1. The van der Waals surface area contributed by atoms with Crippen LogP contribution >= 0.6 is 23.5 Å². The maximum atomic E-state index is 2.68. The molecule has 0 amide bonds. The highest BCUT2D eigenvalue weighted by atomic mass is 32.2. The summed E-state index contributed by atoms with van der Waals surface area (Å²) in [5.74, 6) is 0.687. The Labute approximate surface area is 384 Å². The van der Waals surface area contributed by atoms with E-state index in [-0.39, 0.29) is 0 Å². The van der Waals surface area contributed by atoms with E-state index in [1.165, 1.54) is 189 Å². The first-order valence-electron chi connectivity index (χ1n) is 24.9. The van der Waals surface area contributed by atoms with E-state index in [0.717, 1.165) is 6.54 Å². The SMILES string of the molecule is CCCCCCCCCCN1/C(=C/C2=CC3=C/C(=C/C4Sc5cc(-c6ccccc6)ccc5[NH+]4CCCCCCCCCC)CCC3CC2)Sc2cc(-c3ccccc3)ccc21. The van der Waals surface area contributed by atoms with Crippen LogP contribution < -0.4 is 9.80 Å². The van der Waals surface area contributed by atoms with E-state index in [4.69, 9.17) is 0 Å². The smallest absolute Gasteiger partial charge is 0.163 e. The highest BCUT2D eigenvalue weighted by molar-refractivity contribution is 8.03. The minimum Gasteiger partial charge on any atom is -0.335 e. The van der Waals surface area contributed by atoms with Crippen LogP contribution in [-0.4, -0.2) is 18.5 Å². The number of anilines is 1. The van der Waals surface area contributed by atoms with Crippen LogP contribution in [0.15, 0.2) is 153 Å². The molecule has 326 valence electrons. The lowest BCUT2D eigenvalue weighted by Gasteiger charge is -2.29. The fourth-order valence-electron chi connectivity index (χ4n) is 10.2. The Morgan fingerprint density at radius 2 is 1.19 bits per heavy atom. The molecule has 4 heteroatoms. The molecule has 4 aromatic rings. The summed E-state index contributed by atoms with van der Waals surface area (Å²) in [6, 6.07) is 36.3. The molecular weight excluding hydrogens is 789 g/mol. The number of nitrogens with one attached hydrogen (secondary N) is 1. The van der Waals surface area contributed by atoms with Crippen LogP contribution in [0.5, 0.6) is 0 Å². The third kappa shape index (κ3) is 11.9. The van der Waals surface area contributed by atoms with Gasteiger partial charge in [-0.25, -0.2) is 0 Å². The number of benzene rings is 4. The zero-order chi connectivity index (χ0) is 42.4. The monoisotopic (exact) mass is 862 g/mol. The summed E-state index contributed by atoms with van der Waals surface area (Å²) in [5, 5.41) is 1.84. The van der Waals surface area contributed by atoms with E-state index in [9.17, 15) is 0 Å². The van der Waals surface area contributed by atoms with Gasteiger partial charge in [0, 0.05) is 17.5 Å². The van der Waals surface area contributed by atoms with Crippen molar-refractivity contribution in [1.82, 2.24) is 0 Å². The fourth-order valence-corrected chi connectivity index (χ4v) is 12.8. The zero-order valence-corrected chi connectivity index (χ0v) is 39.7. The molecule has 2 aliphatic heterocycles. The number of hydrogen-bond acceptors (Lipinski definition) is 3. The first-order chi connectivity index (χ1) is 30.7. The summed E-state index contributed by atoms with van der Waals surface area (Å²) in [6.07, 6.45) is 37.1. The van der Waals surface area contributed by atoms with E-state index in [1.807, 2.05) is 11.8 Å². The van der Waals surface area contributed by atoms with Gasteiger partial charge in [-0.1, -0.05) is 200 Å². The second kappa shape index (κ2) is 23.3. The van der Waals surface area contributed by atoms with Gasteiger partial charge < -0.3 is 4.90 Å². The number of fused-ring (bicyclic) bond motifs is 3. The van der Waals surface area contributed by atoms with Gasteiger partial charge in [0.1, 0.15) is 5.69 Å². The van der Waals surface area contributed by atoms with E-state index < -0.39 is 0 Å². The summed E-state index contributed by atoms with van der Waals surface area (Å²) in [6.45, 7) is 6.94. The van der Waals surface area contributed by atoms with Gasteiger partial charge in [-0.3, -0.25) is 4.90 Å². The maximum Gasteiger partial charge on any atom is 0.163 e. The molecular formula is C58H73N2S2+. The second-order valence-corrected chi connectivity index (χ2v) is 20.8. The predicted octanol–water partition coefficient (Wildman–Crippen LogP) is 16.7. The third-order valence-corrected chi connectivity index (χ3v) is 16.2.